The van der Waals surface area contributed by atoms with E-state index in [0.29, 0.717) is 0 Å². The summed E-state index contributed by atoms with van der Waals surface area (Å²) in [6.07, 6.45) is 3.74. The van der Waals surface area contributed by atoms with E-state index in [1.807, 2.05) is 50.0 Å². The normalized spacial score (nSPS) is 12.7. The molecule has 0 saturated heterocycles. The van der Waals surface area contributed by atoms with Crippen LogP contribution in [0.2, 0.25) is 0 Å². The minimum absolute atomic E-state index is 0.0416. The van der Waals surface area contributed by atoms with E-state index in [9.17, 15) is 0 Å². The fourth-order valence-corrected chi connectivity index (χ4v) is 1.79. The number of hydrogen-bond donors (Lipinski definition) is 1. The summed E-state index contributed by atoms with van der Waals surface area (Å²) < 4.78 is 2.01. The van der Waals surface area contributed by atoms with E-state index >= 15 is 0 Å². The zero-order valence-corrected chi connectivity index (χ0v) is 9.81. The van der Waals surface area contributed by atoms with Gasteiger partial charge < -0.3 is 9.88 Å². The minimum atomic E-state index is 0.0416. The first-order chi connectivity index (χ1) is 7.72. The molecule has 2 aromatic heterocycles. The van der Waals surface area contributed by atoms with Crippen molar-refractivity contribution in [1.29, 1.82) is 0 Å². The topological polar surface area (TPSA) is 42.7 Å². The van der Waals surface area contributed by atoms with Gasteiger partial charge in [0.25, 0.3) is 0 Å². The van der Waals surface area contributed by atoms with Gasteiger partial charge in [0.2, 0.25) is 0 Å². The van der Waals surface area contributed by atoms with Crippen LogP contribution in [0.1, 0.15) is 23.3 Å². The van der Waals surface area contributed by atoms with Crippen LogP contribution in [0.15, 0.2) is 30.6 Å². The predicted octanol–water partition coefficient (Wildman–Crippen LogP) is 1.43. The van der Waals surface area contributed by atoms with Gasteiger partial charge in [0, 0.05) is 25.1 Å². The lowest BCUT2D eigenvalue weighted by molar-refractivity contribution is 0.601. The summed E-state index contributed by atoms with van der Waals surface area (Å²) in [5.74, 6) is 0.973. The molecule has 1 atom stereocenters. The zero-order valence-electron chi connectivity index (χ0n) is 9.81. The highest BCUT2D eigenvalue weighted by Crippen LogP contribution is 2.17. The van der Waals surface area contributed by atoms with E-state index in [4.69, 9.17) is 0 Å². The number of rotatable bonds is 3. The van der Waals surface area contributed by atoms with Crippen LogP contribution < -0.4 is 5.32 Å². The summed E-state index contributed by atoms with van der Waals surface area (Å²) in [7, 11) is 3.91. The maximum Gasteiger partial charge on any atom is 0.131 e. The Balaban J connectivity index is 2.40. The Bertz CT molecular complexity index is 475. The minimum Gasteiger partial charge on any atom is -0.336 e. The van der Waals surface area contributed by atoms with E-state index in [0.717, 1.165) is 17.2 Å². The van der Waals surface area contributed by atoms with Crippen LogP contribution in [0.3, 0.4) is 0 Å². The van der Waals surface area contributed by atoms with Crippen LogP contribution in [0, 0.1) is 6.92 Å². The van der Waals surface area contributed by atoms with Crippen LogP contribution in [0.4, 0.5) is 0 Å². The molecule has 4 nitrogen and oxygen atoms in total. The molecule has 16 heavy (non-hydrogen) atoms. The second-order valence-corrected chi connectivity index (χ2v) is 3.82. The van der Waals surface area contributed by atoms with E-state index < -0.39 is 0 Å². The highest BCUT2D eigenvalue weighted by Gasteiger charge is 2.17. The average molecular weight is 216 g/mol. The van der Waals surface area contributed by atoms with Gasteiger partial charge >= 0.3 is 0 Å². The quantitative estimate of drug-likeness (QED) is 0.844. The summed E-state index contributed by atoms with van der Waals surface area (Å²) >= 11 is 0. The molecule has 4 heteroatoms. The summed E-state index contributed by atoms with van der Waals surface area (Å²) in [6, 6.07) is 6.07. The average Bonchev–Trinajstić information content (AvgIpc) is 2.67. The SMILES string of the molecule is CNC(c1cccc(C)n1)c1nccn1C. The van der Waals surface area contributed by atoms with Crippen molar-refractivity contribution in [1.82, 2.24) is 19.9 Å². The third-order valence-corrected chi connectivity index (χ3v) is 2.61. The summed E-state index contributed by atoms with van der Waals surface area (Å²) in [6.45, 7) is 1.99. The van der Waals surface area contributed by atoms with Gasteiger partial charge in [-0.3, -0.25) is 4.98 Å². The van der Waals surface area contributed by atoms with Gasteiger partial charge in [0.05, 0.1) is 5.69 Å². The Morgan fingerprint density at radius 1 is 1.38 bits per heavy atom. The van der Waals surface area contributed by atoms with Gasteiger partial charge in [-0.05, 0) is 26.1 Å². The molecule has 0 aliphatic heterocycles. The number of aromatic nitrogens is 3. The maximum absolute atomic E-state index is 4.53. The maximum atomic E-state index is 4.53. The van der Waals surface area contributed by atoms with Gasteiger partial charge in [-0.2, -0.15) is 0 Å². The third kappa shape index (κ3) is 1.97. The summed E-state index contributed by atoms with van der Waals surface area (Å²) in [5, 5.41) is 3.24. The second-order valence-electron chi connectivity index (χ2n) is 3.82. The van der Waals surface area contributed by atoms with Crippen molar-refractivity contribution < 1.29 is 0 Å². The number of pyridine rings is 1. The Labute approximate surface area is 95.4 Å². The number of nitrogens with zero attached hydrogens (tertiary/aromatic N) is 3. The van der Waals surface area contributed by atoms with Crippen molar-refractivity contribution in [2.24, 2.45) is 7.05 Å². The van der Waals surface area contributed by atoms with E-state index in [1.165, 1.54) is 0 Å². The van der Waals surface area contributed by atoms with E-state index in [-0.39, 0.29) is 6.04 Å². The van der Waals surface area contributed by atoms with Crippen molar-refractivity contribution >= 4 is 0 Å². The second kappa shape index (κ2) is 4.45. The molecule has 0 aliphatic carbocycles. The largest absolute Gasteiger partial charge is 0.336 e. The number of imidazole rings is 1. The summed E-state index contributed by atoms with van der Waals surface area (Å²) in [5.41, 5.74) is 2.02. The fraction of sp³-hybridized carbons (Fsp3) is 0.333. The Morgan fingerprint density at radius 3 is 2.75 bits per heavy atom. The van der Waals surface area contributed by atoms with Crippen LogP contribution in [0.25, 0.3) is 0 Å². The molecule has 0 aromatic carbocycles. The molecular formula is C12H16N4. The molecule has 0 amide bonds. The molecule has 2 rings (SSSR count). The van der Waals surface area contributed by atoms with Gasteiger partial charge in [-0.25, -0.2) is 4.98 Å². The Morgan fingerprint density at radius 2 is 2.19 bits per heavy atom. The number of aryl methyl sites for hydroxylation is 2. The van der Waals surface area contributed by atoms with Crippen LogP contribution >= 0.6 is 0 Å². The lowest BCUT2D eigenvalue weighted by Gasteiger charge is -2.15. The lowest BCUT2D eigenvalue weighted by Crippen LogP contribution is -2.22. The van der Waals surface area contributed by atoms with Gasteiger partial charge in [0.1, 0.15) is 11.9 Å². The fourth-order valence-electron chi connectivity index (χ4n) is 1.79. The van der Waals surface area contributed by atoms with Gasteiger partial charge in [0.15, 0.2) is 0 Å². The molecule has 2 heterocycles. The highest BCUT2D eigenvalue weighted by atomic mass is 15.1. The molecule has 1 unspecified atom stereocenters. The van der Waals surface area contributed by atoms with Crippen molar-refractivity contribution in [2.75, 3.05) is 7.05 Å². The molecular weight excluding hydrogens is 200 g/mol. The van der Waals surface area contributed by atoms with Crippen molar-refractivity contribution in [3.63, 3.8) is 0 Å². The highest BCUT2D eigenvalue weighted by molar-refractivity contribution is 5.20. The van der Waals surface area contributed by atoms with Crippen LogP contribution in [0.5, 0.6) is 0 Å². The Kier molecular flexibility index (Phi) is 3.01. The van der Waals surface area contributed by atoms with Crippen molar-refractivity contribution in [3.05, 3.63) is 47.8 Å². The molecule has 2 aromatic rings. The molecule has 0 saturated carbocycles. The first-order valence-electron chi connectivity index (χ1n) is 5.30. The molecule has 0 aliphatic rings. The molecule has 0 spiro atoms. The molecule has 0 radical (unpaired) electrons. The third-order valence-electron chi connectivity index (χ3n) is 2.61. The standard InChI is InChI=1S/C12H16N4/c1-9-5-4-6-10(15-9)11(13-2)12-14-7-8-16(12)3/h4-8,11,13H,1-3H3. The summed E-state index contributed by atoms with van der Waals surface area (Å²) in [4.78, 5) is 8.88. The van der Waals surface area contributed by atoms with Crippen LogP contribution in [-0.2, 0) is 7.05 Å². The van der Waals surface area contributed by atoms with Gasteiger partial charge in [-0.1, -0.05) is 6.07 Å². The van der Waals surface area contributed by atoms with E-state index in [2.05, 4.69) is 15.3 Å². The monoisotopic (exact) mass is 216 g/mol. The Hall–Kier alpha value is -1.68. The lowest BCUT2D eigenvalue weighted by atomic mass is 10.1. The van der Waals surface area contributed by atoms with Gasteiger partial charge in [-0.15, -0.1) is 0 Å². The smallest absolute Gasteiger partial charge is 0.131 e. The molecule has 1 N–H and O–H groups in total. The first kappa shape index (κ1) is 10.8. The van der Waals surface area contributed by atoms with Crippen LogP contribution in [-0.4, -0.2) is 21.6 Å². The predicted molar refractivity (Wildman–Crippen MR) is 63.1 cm³/mol. The first-order valence-corrected chi connectivity index (χ1v) is 5.30. The molecule has 0 fully saturated rings. The van der Waals surface area contributed by atoms with Crippen molar-refractivity contribution in [3.8, 4) is 0 Å². The zero-order chi connectivity index (χ0) is 11.5. The van der Waals surface area contributed by atoms with E-state index in [1.54, 1.807) is 6.20 Å². The molecule has 0 bridgehead atoms. The van der Waals surface area contributed by atoms with Crippen molar-refractivity contribution in [2.45, 2.75) is 13.0 Å². The molecule has 84 valence electrons. The number of hydrogen-bond acceptors (Lipinski definition) is 3. The number of nitrogens with one attached hydrogen (secondary N) is 1.